The highest BCUT2D eigenvalue weighted by atomic mass is 79.9. The first-order valence-electron chi connectivity index (χ1n) is 3.82. The molecule has 66 valence electrons. The van der Waals surface area contributed by atoms with Crippen molar-refractivity contribution in [1.29, 1.82) is 0 Å². The third-order valence-electron chi connectivity index (χ3n) is 1.33. The van der Waals surface area contributed by atoms with Gasteiger partial charge in [0.05, 0.1) is 0 Å². The Morgan fingerprint density at radius 2 is 2.00 bits per heavy atom. The van der Waals surface area contributed by atoms with Crippen LogP contribution in [0.3, 0.4) is 0 Å². The van der Waals surface area contributed by atoms with Crippen LogP contribution in [-0.4, -0.2) is 12.6 Å². The Balaban J connectivity index is 2.48. The summed E-state index contributed by atoms with van der Waals surface area (Å²) < 4.78 is 6.43. The third-order valence-corrected chi connectivity index (χ3v) is 1.86. The van der Waals surface area contributed by atoms with Crippen molar-refractivity contribution < 1.29 is 4.74 Å². The molecule has 0 unspecified atom stereocenters. The summed E-state index contributed by atoms with van der Waals surface area (Å²) in [4.78, 5) is 0. The highest BCUT2D eigenvalue weighted by Gasteiger charge is 1.95. The lowest BCUT2D eigenvalue weighted by molar-refractivity contribution is 0.296. The van der Waals surface area contributed by atoms with Crippen LogP contribution >= 0.6 is 15.9 Å². The van der Waals surface area contributed by atoms with Crippen LogP contribution in [0.5, 0.6) is 5.75 Å². The number of rotatable bonds is 3. The standard InChI is InChI=1S/C9H12BrNO/c1-7(11)6-12-9-4-2-8(10)3-5-9/h2-5,7H,6,11H2,1H3/t7-/m0/s1. The minimum absolute atomic E-state index is 0.0775. The molecule has 1 aromatic carbocycles. The van der Waals surface area contributed by atoms with Gasteiger partial charge in [0.15, 0.2) is 0 Å². The minimum Gasteiger partial charge on any atom is -0.492 e. The lowest BCUT2D eigenvalue weighted by Crippen LogP contribution is -2.23. The molecule has 0 radical (unpaired) electrons. The fourth-order valence-corrected chi connectivity index (χ4v) is 1.02. The van der Waals surface area contributed by atoms with E-state index in [2.05, 4.69) is 15.9 Å². The van der Waals surface area contributed by atoms with Gasteiger partial charge in [-0.3, -0.25) is 0 Å². The van der Waals surface area contributed by atoms with Crippen molar-refractivity contribution in [2.24, 2.45) is 5.73 Å². The van der Waals surface area contributed by atoms with Gasteiger partial charge in [-0.05, 0) is 31.2 Å². The molecule has 0 aliphatic carbocycles. The number of hydrogen-bond acceptors (Lipinski definition) is 2. The molecular formula is C9H12BrNO. The molecule has 0 aromatic heterocycles. The number of halogens is 1. The molecule has 0 aliphatic rings. The summed E-state index contributed by atoms with van der Waals surface area (Å²) in [6, 6.07) is 7.78. The van der Waals surface area contributed by atoms with Crippen LogP contribution < -0.4 is 10.5 Å². The van der Waals surface area contributed by atoms with Gasteiger partial charge < -0.3 is 10.5 Å². The molecule has 0 bridgehead atoms. The number of benzene rings is 1. The van der Waals surface area contributed by atoms with Gasteiger partial charge in [-0.25, -0.2) is 0 Å². The molecule has 1 aromatic rings. The second-order valence-electron chi connectivity index (χ2n) is 2.74. The summed E-state index contributed by atoms with van der Waals surface area (Å²) in [5.74, 6) is 0.857. The molecule has 0 heterocycles. The topological polar surface area (TPSA) is 35.2 Å². The molecule has 0 spiro atoms. The van der Waals surface area contributed by atoms with Crippen LogP contribution in [0, 0.1) is 0 Å². The van der Waals surface area contributed by atoms with E-state index in [4.69, 9.17) is 10.5 Å². The van der Waals surface area contributed by atoms with Gasteiger partial charge in [0.25, 0.3) is 0 Å². The molecule has 0 aliphatic heterocycles. The molecule has 3 heteroatoms. The van der Waals surface area contributed by atoms with Gasteiger partial charge in [-0.2, -0.15) is 0 Å². The molecule has 2 N–H and O–H groups in total. The van der Waals surface area contributed by atoms with E-state index < -0.39 is 0 Å². The van der Waals surface area contributed by atoms with Crippen molar-refractivity contribution >= 4 is 15.9 Å². The zero-order valence-electron chi connectivity index (χ0n) is 6.96. The van der Waals surface area contributed by atoms with E-state index in [0.717, 1.165) is 10.2 Å². The van der Waals surface area contributed by atoms with Crippen LogP contribution in [0.2, 0.25) is 0 Å². The molecule has 2 nitrogen and oxygen atoms in total. The SMILES string of the molecule is C[C@H](N)COc1ccc(Br)cc1. The third kappa shape index (κ3) is 3.24. The van der Waals surface area contributed by atoms with Crippen LogP contribution in [0.15, 0.2) is 28.7 Å². The van der Waals surface area contributed by atoms with Gasteiger partial charge in [0.2, 0.25) is 0 Å². The van der Waals surface area contributed by atoms with Gasteiger partial charge in [0.1, 0.15) is 12.4 Å². The summed E-state index contributed by atoms with van der Waals surface area (Å²) >= 11 is 3.35. The Morgan fingerprint density at radius 3 is 2.50 bits per heavy atom. The van der Waals surface area contributed by atoms with E-state index in [1.807, 2.05) is 31.2 Å². The van der Waals surface area contributed by atoms with E-state index in [0.29, 0.717) is 6.61 Å². The van der Waals surface area contributed by atoms with Crippen molar-refractivity contribution in [3.63, 3.8) is 0 Å². The van der Waals surface area contributed by atoms with E-state index in [9.17, 15) is 0 Å². The zero-order chi connectivity index (χ0) is 8.97. The first-order valence-corrected chi connectivity index (χ1v) is 4.62. The normalized spacial score (nSPS) is 12.6. The first-order chi connectivity index (χ1) is 5.68. The average molecular weight is 230 g/mol. The number of nitrogens with two attached hydrogens (primary N) is 1. The molecule has 0 fully saturated rings. The van der Waals surface area contributed by atoms with Gasteiger partial charge >= 0.3 is 0 Å². The lowest BCUT2D eigenvalue weighted by Gasteiger charge is -2.07. The minimum atomic E-state index is 0.0775. The molecule has 1 atom stereocenters. The van der Waals surface area contributed by atoms with Crippen molar-refractivity contribution in [3.8, 4) is 5.75 Å². The highest BCUT2D eigenvalue weighted by molar-refractivity contribution is 9.10. The molecule has 1 rings (SSSR count). The van der Waals surface area contributed by atoms with E-state index >= 15 is 0 Å². The fourth-order valence-electron chi connectivity index (χ4n) is 0.758. The van der Waals surface area contributed by atoms with E-state index in [1.165, 1.54) is 0 Å². The van der Waals surface area contributed by atoms with Crippen molar-refractivity contribution in [2.45, 2.75) is 13.0 Å². The summed E-state index contributed by atoms with van der Waals surface area (Å²) in [6.07, 6.45) is 0. The molecule has 0 saturated heterocycles. The lowest BCUT2D eigenvalue weighted by atomic mass is 10.3. The smallest absolute Gasteiger partial charge is 0.119 e. The second-order valence-corrected chi connectivity index (χ2v) is 3.66. The summed E-state index contributed by atoms with van der Waals surface area (Å²) in [7, 11) is 0. The van der Waals surface area contributed by atoms with Gasteiger partial charge in [-0.1, -0.05) is 15.9 Å². The maximum absolute atomic E-state index is 5.54. The zero-order valence-corrected chi connectivity index (χ0v) is 8.54. The maximum Gasteiger partial charge on any atom is 0.119 e. The summed E-state index contributed by atoms with van der Waals surface area (Å²) in [5, 5.41) is 0. The molecule has 0 saturated carbocycles. The quantitative estimate of drug-likeness (QED) is 0.863. The van der Waals surface area contributed by atoms with Gasteiger partial charge in [-0.15, -0.1) is 0 Å². The first kappa shape index (κ1) is 9.55. The van der Waals surface area contributed by atoms with Crippen LogP contribution in [0.4, 0.5) is 0 Å². The Labute approximate surface area is 80.8 Å². The Hall–Kier alpha value is -0.540. The van der Waals surface area contributed by atoms with Crippen molar-refractivity contribution in [2.75, 3.05) is 6.61 Å². The Bertz CT molecular complexity index is 233. The van der Waals surface area contributed by atoms with E-state index in [1.54, 1.807) is 0 Å². The van der Waals surface area contributed by atoms with Crippen LogP contribution in [-0.2, 0) is 0 Å². The Morgan fingerprint density at radius 1 is 1.42 bits per heavy atom. The largest absolute Gasteiger partial charge is 0.492 e. The molecule has 12 heavy (non-hydrogen) atoms. The van der Waals surface area contributed by atoms with Crippen molar-refractivity contribution in [3.05, 3.63) is 28.7 Å². The average Bonchev–Trinajstić information content (AvgIpc) is 2.03. The molecule has 0 amide bonds. The van der Waals surface area contributed by atoms with Gasteiger partial charge in [0, 0.05) is 10.5 Å². The van der Waals surface area contributed by atoms with E-state index in [-0.39, 0.29) is 6.04 Å². The van der Waals surface area contributed by atoms with Crippen molar-refractivity contribution in [1.82, 2.24) is 0 Å². The Kier molecular flexibility index (Phi) is 3.56. The number of hydrogen-bond donors (Lipinski definition) is 1. The number of ether oxygens (including phenoxy) is 1. The summed E-state index contributed by atoms with van der Waals surface area (Å²) in [6.45, 7) is 2.47. The summed E-state index contributed by atoms with van der Waals surface area (Å²) in [5.41, 5.74) is 5.54. The fraction of sp³-hybridized carbons (Fsp3) is 0.333. The van der Waals surface area contributed by atoms with Crippen LogP contribution in [0.1, 0.15) is 6.92 Å². The molecular weight excluding hydrogens is 218 g/mol. The predicted octanol–water partition coefficient (Wildman–Crippen LogP) is 2.18. The second kappa shape index (κ2) is 4.48. The van der Waals surface area contributed by atoms with Crippen LogP contribution in [0.25, 0.3) is 0 Å². The monoisotopic (exact) mass is 229 g/mol. The highest BCUT2D eigenvalue weighted by Crippen LogP contribution is 2.15. The maximum atomic E-state index is 5.54. The predicted molar refractivity (Wildman–Crippen MR) is 53.3 cm³/mol.